The van der Waals surface area contributed by atoms with Crippen LogP contribution in [0.2, 0.25) is 5.02 Å². The van der Waals surface area contributed by atoms with Gasteiger partial charge in [-0.05, 0) is 34.7 Å². The molecule has 0 saturated heterocycles. The minimum absolute atomic E-state index is 0.0557. The summed E-state index contributed by atoms with van der Waals surface area (Å²) in [4.78, 5) is 11.9. The summed E-state index contributed by atoms with van der Waals surface area (Å²) in [5.74, 6) is 0.394. The summed E-state index contributed by atoms with van der Waals surface area (Å²) in [5.41, 5.74) is 4.29. The summed E-state index contributed by atoms with van der Waals surface area (Å²) in [6.45, 7) is 6.22. The number of benzene rings is 2. The van der Waals surface area contributed by atoms with E-state index in [2.05, 4.69) is 31.3 Å². The molecule has 2 aromatic rings. The van der Waals surface area contributed by atoms with E-state index in [1.807, 2.05) is 36.4 Å². The Morgan fingerprint density at radius 2 is 1.83 bits per heavy atom. The highest BCUT2D eigenvalue weighted by Crippen LogP contribution is 2.30. The maximum absolute atomic E-state index is 11.9. The zero-order valence-electron chi connectivity index (χ0n) is 14.0. The molecule has 0 aliphatic rings. The van der Waals surface area contributed by atoms with Gasteiger partial charge in [0.15, 0.2) is 6.61 Å². The number of hydrazone groups is 1. The Bertz CT molecular complexity index is 719. The molecule has 0 unspecified atom stereocenters. The third-order valence-electron chi connectivity index (χ3n) is 3.33. The fourth-order valence-corrected chi connectivity index (χ4v) is 2.24. The fourth-order valence-electron chi connectivity index (χ4n) is 2.12. The molecule has 0 spiro atoms. The third kappa shape index (κ3) is 5.39. The molecule has 24 heavy (non-hydrogen) atoms. The number of carbonyl (C=O) groups is 1. The van der Waals surface area contributed by atoms with Gasteiger partial charge < -0.3 is 4.74 Å². The topological polar surface area (TPSA) is 50.7 Å². The number of halogens is 1. The van der Waals surface area contributed by atoms with E-state index in [1.165, 1.54) is 0 Å². The van der Waals surface area contributed by atoms with Crippen molar-refractivity contribution in [1.82, 2.24) is 5.43 Å². The second-order valence-corrected chi connectivity index (χ2v) is 6.82. The van der Waals surface area contributed by atoms with Crippen molar-refractivity contribution in [1.29, 1.82) is 0 Å². The van der Waals surface area contributed by atoms with Crippen molar-refractivity contribution < 1.29 is 9.53 Å². The highest BCUT2D eigenvalue weighted by Gasteiger charge is 2.18. The van der Waals surface area contributed by atoms with Gasteiger partial charge >= 0.3 is 0 Å². The fraction of sp³-hybridized carbons (Fsp3) is 0.263. The van der Waals surface area contributed by atoms with Gasteiger partial charge in [-0.3, -0.25) is 4.79 Å². The molecule has 0 bridgehead atoms. The number of hydrogen-bond acceptors (Lipinski definition) is 3. The van der Waals surface area contributed by atoms with Crippen LogP contribution in [-0.2, 0) is 10.2 Å². The molecule has 0 atom stereocenters. The standard InChI is InChI=1S/C19H21ClN2O2/c1-19(2,3)16-6-4-5-7-17(16)24-13-18(23)22-21-12-14-8-10-15(20)11-9-14/h4-12H,13H2,1-3H3,(H,22,23)/b21-12-. The molecule has 0 heterocycles. The van der Waals surface area contributed by atoms with Crippen molar-refractivity contribution in [3.05, 3.63) is 64.7 Å². The molecule has 1 amide bonds. The van der Waals surface area contributed by atoms with Crippen molar-refractivity contribution in [3.63, 3.8) is 0 Å². The van der Waals surface area contributed by atoms with Crippen LogP contribution in [0.4, 0.5) is 0 Å². The second kappa shape index (κ2) is 7.97. The largest absolute Gasteiger partial charge is 0.483 e. The van der Waals surface area contributed by atoms with Crippen molar-refractivity contribution in [2.75, 3.05) is 6.61 Å². The molecule has 4 nitrogen and oxygen atoms in total. The van der Waals surface area contributed by atoms with Crippen molar-refractivity contribution in [2.45, 2.75) is 26.2 Å². The Labute approximate surface area is 147 Å². The van der Waals surface area contributed by atoms with E-state index in [0.29, 0.717) is 10.8 Å². The first-order valence-corrected chi connectivity index (χ1v) is 8.04. The van der Waals surface area contributed by atoms with Crippen LogP contribution in [0.3, 0.4) is 0 Å². The van der Waals surface area contributed by atoms with E-state index < -0.39 is 0 Å². The molecule has 2 rings (SSSR count). The number of rotatable bonds is 5. The Morgan fingerprint density at radius 3 is 2.50 bits per heavy atom. The van der Waals surface area contributed by atoms with Crippen LogP contribution in [-0.4, -0.2) is 18.7 Å². The van der Waals surface area contributed by atoms with Crippen LogP contribution in [0.15, 0.2) is 53.6 Å². The van der Waals surface area contributed by atoms with Crippen LogP contribution in [0, 0.1) is 0 Å². The Balaban J connectivity index is 1.89. The lowest BCUT2D eigenvalue weighted by Crippen LogP contribution is -2.25. The molecule has 5 heteroatoms. The summed E-state index contributed by atoms with van der Waals surface area (Å²) in [6, 6.07) is 14.9. The molecule has 0 aliphatic carbocycles. The quantitative estimate of drug-likeness (QED) is 0.653. The molecule has 2 aromatic carbocycles. The van der Waals surface area contributed by atoms with Gasteiger partial charge in [-0.1, -0.05) is 62.7 Å². The van der Waals surface area contributed by atoms with E-state index in [9.17, 15) is 4.79 Å². The number of ether oxygens (including phenoxy) is 1. The SMILES string of the molecule is CC(C)(C)c1ccccc1OCC(=O)N/N=C\c1ccc(Cl)cc1. The Kier molecular flexibility index (Phi) is 5.99. The van der Waals surface area contributed by atoms with Crippen molar-refractivity contribution in [3.8, 4) is 5.75 Å². The Morgan fingerprint density at radius 1 is 1.17 bits per heavy atom. The van der Waals surface area contributed by atoms with E-state index in [-0.39, 0.29) is 17.9 Å². The second-order valence-electron chi connectivity index (χ2n) is 6.38. The minimum Gasteiger partial charge on any atom is -0.483 e. The maximum atomic E-state index is 11.9. The van der Waals surface area contributed by atoms with Crippen LogP contribution in [0.5, 0.6) is 5.75 Å². The average Bonchev–Trinajstić information content (AvgIpc) is 2.54. The molecule has 0 fully saturated rings. The Hall–Kier alpha value is -2.33. The zero-order valence-corrected chi connectivity index (χ0v) is 14.8. The molecular formula is C19H21ClN2O2. The molecule has 0 aromatic heterocycles. The first-order valence-electron chi connectivity index (χ1n) is 7.66. The van der Waals surface area contributed by atoms with Gasteiger partial charge in [0.2, 0.25) is 0 Å². The average molecular weight is 345 g/mol. The van der Waals surface area contributed by atoms with Gasteiger partial charge in [0.25, 0.3) is 5.91 Å². The number of carbonyl (C=O) groups excluding carboxylic acids is 1. The number of amides is 1. The maximum Gasteiger partial charge on any atom is 0.277 e. The molecule has 0 aliphatic heterocycles. The van der Waals surface area contributed by atoms with Gasteiger partial charge in [0.1, 0.15) is 5.75 Å². The van der Waals surface area contributed by atoms with Crippen molar-refractivity contribution >= 4 is 23.7 Å². The summed E-state index contributed by atoms with van der Waals surface area (Å²) >= 11 is 5.81. The predicted molar refractivity (Wildman–Crippen MR) is 97.8 cm³/mol. The summed E-state index contributed by atoms with van der Waals surface area (Å²) in [5, 5.41) is 4.56. The van der Waals surface area contributed by atoms with E-state index >= 15 is 0 Å². The molecule has 0 saturated carbocycles. The van der Waals surface area contributed by atoms with E-state index in [0.717, 1.165) is 11.1 Å². The number of nitrogens with one attached hydrogen (secondary N) is 1. The van der Waals surface area contributed by atoms with E-state index in [4.69, 9.17) is 16.3 Å². The van der Waals surface area contributed by atoms with Crippen molar-refractivity contribution in [2.24, 2.45) is 5.10 Å². The summed E-state index contributed by atoms with van der Waals surface area (Å²) in [6.07, 6.45) is 1.55. The lowest BCUT2D eigenvalue weighted by atomic mass is 9.86. The summed E-state index contributed by atoms with van der Waals surface area (Å²) < 4.78 is 5.64. The monoisotopic (exact) mass is 344 g/mol. The number of hydrogen-bond donors (Lipinski definition) is 1. The molecule has 0 radical (unpaired) electrons. The third-order valence-corrected chi connectivity index (χ3v) is 3.58. The van der Waals surface area contributed by atoms with Gasteiger partial charge in [-0.15, -0.1) is 0 Å². The van der Waals surface area contributed by atoms with Crippen LogP contribution >= 0.6 is 11.6 Å². The molecule has 126 valence electrons. The number of nitrogens with zero attached hydrogens (tertiary/aromatic N) is 1. The highest BCUT2D eigenvalue weighted by molar-refractivity contribution is 6.30. The molecule has 1 N–H and O–H groups in total. The first kappa shape index (κ1) is 18.0. The van der Waals surface area contributed by atoms with Gasteiger partial charge in [-0.25, -0.2) is 5.43 Å². The highest BCUT2D eigenvalue weighted by atomic mass is 35.5. The number of para-hydroxylation sites is 1. The van der Waals surface area contributed by atoms with Gasteiger partial charge in [-0.2, -0.15) is 5.10 Å². The van der Waals surface area contributed by atoms with Crippen LogP contribution in [0.25, 0.3) is 0 Å². The normalized spacial score (nSPS) is 11.5. The van der Waals surface area contributed by atoms with Gasteiger partial charge in [0.05, 0.1) is 6.21 Å². The van der Waals surface area contributed by atoms with E-state index in [1.54, 1.807) is 18.3 Å². The summed E-state index contributed by atoms with van der Waals surface area (Å²) in [7, 11) is 0. The first-order chi connectivity index (χ1) is 11.4. The predicted octanol–water partition coefficient (Wildman–Crippen LogP) is 4.17. The molecular weight excluding hydrogens is 324 g/mol. The lowest BCUT2D eigenvalue weighted by Gasteiger charge is -2.22. The van der Waals surface area contributed by atoms with Gasteiger partial charge in [0, 0.05) is 5.02 Å². The van der Waals surface area contributed by atoms with Crippen LogP contribution < -0.4 is 10.2 Å². The minimum atomic E-state index is -0.316. The smallest absolute Gasteiger partial charge is 0.277 e. The zero-order chi connectivity index (χ0) is 17.6. The lowest BCUT2D eigenvalue weighted by molar-refractivity contribution is -0.123. The van der Waals surface area contributed by atoms with Crippen LogP contribution in [0.1, 0.15) is 31.9 Å².